The maximum atomic E-state index is 12.6. The van der Waals surface area contributed by atoms with E-state index in [-0.39, 0.29) is 37.2 Å². The minimum absolute atomic E-state index is 0.0109. The van der Waals surface area contributed by atoms with Gasteiger partial charge in [-0.25, -0.2) is 4.79 Å². The van der Waals surface area contributed by atoms with Crippen molar-refractivity contribution in [2.75, 3.05) is 30.0 Å². The number of nitrogens with zero attached hydrogens (tertiary/aromatic N) is 2. The number of carbonyl (C=O) groups is 4. The van der Waals surface area contributed by atoms with Crippen molar-refractivity contribution in [2.24, 2.45) is 4.99 Å². The van der Waals surface area contributed by atoms with Crippen molar-refractivity contribution in [1.29, 1.82) is 0 Å². The monoisotopic (exact) mass is 595 g/mol. The summed E-state index contributed by atoms with van der Waals surface area (Å²) in [6.45, 7) is 3.87. The number of amides is 2. The Morgan fingerprint density at radius 3 is 2.66 bits per heavy atom. The second kappa shape index (κ2) is 12.9. The first kappa shape index (κ1) is 28.3. The fraction of sp³-hybridized carbons (Fsp3) is 0.400. The summed E-state index contributed by atoms with van der Waals surface area (Å²) in [6, 6.07) is 5.21. The van der Waals surface area contributed by atoms with Crippen LogP contribution in [0.25, 0.3) is 10.2 Å². The molecule has 9 nitrogen and oxygen atoms in total. The second-order valence-electron chi connectivity index (χ2n) is 8.22. The number of fused-ring (bicyclic) bond motifs is 2. The third-order valence-corrected chi connectivity index (χ3v) is 8.97. The number of thioether (sulfide) groups is 1. The molecule has 3 aromatic rings. The first-order valence-corrected chi connectivity index (χ1v) is 15.2. The van der Waals surface area contributed by atoms with Gasteiger partial charge in [0.2, 0.25) is 5.91 Å². The van der Waals surface area contributed by atoms with E-state index >= 15 is 0 Å². The van der Waals surface area contributed by atoms with Gasteiger partial charge in [0.25, 0.3) is 5.91 Å². The molecule has 1 aromatic carbocycles. The standard InChI is InChI=1S/C25H26ClN3O6S3/c1-3-34-21(32)11-29-16-9-8-14(26)10-18(16)38-25(29)28-20(31)13-36-12-19(30)27-23-22(24(33)35-4-2)15-6-5-7-17(15)37-23/h8-10H,3-7,11-13H2,1-2H3,(H,27,30). The van der Waals surface area contributed by atoms with Crippen LogP contribution in [0.5, 0.6) is 0 Å². The first-order valence-electron chi connectivity index (χ1n) is 12.0. The van der Waals surface area contributed by atoms with Crippen LogP contribution in [0.2, 0.25) is 5.02 Å². The zero-order valence-corrected chi connectivity index (χ0v) is 24.0. The van der Waals surface area contributed by atoms with Gasteiger partial charge in [0.15, 0.2) is 4.80 Å². The molecule has 38 heavy (non-hydrogen) atoms. The Bertz CT molecular complexity index is 1460. The average Bonchev–Trinajstić information content (AvgIpc) is 3.52. The summed E-state index contributed by atoms with van der Waals surface area (Å²) in [6.07, 6.45) is 2.66. The number of benzene rings is 1. The largest absolute Gasteiger partial charge is 0.465 e. The third-order valence-electron chi connectivity index (χ3n) is 5.57. The SMILES string of the molecule is CCOC(=O)Cn1c(=NC(=O)CSCC(=O)Nc2sc3c(c2C(=O)OCC)CCC3)sc2cc(Cl)ccc21. The van der Waals surface area contributed by atoms with Crippen molar-refractivity contribution < 1.29 is 28.7 Å². The first-order chi connectivity index (χ1) is 18.3. The molecule has 0 atom stereocenters. The number of halogens is 1. The lowest BCUT2D eigenvalue weighted by molar-refractivity contribution is -0.143. The lowest BCUT2D eigenvalue weighted by Gasteiger charge is -2.07. The maximum Gasteiger partial charge on any atom is 0.341 e. The molecule has 0 saturated heterocycles. The molecule has 2 heterocycles. The number of hydrogen-bond donors (Lipinski definition) is 1. The van der Waals surface area contributed by atoms with Crippen LogP contribution in [-0.4, -0.2) is 53.0 Å². The van der Waals surface area contributed by atoms with E-state index < -0.39 is 17.8 Å². The van der Waals surface area contributed by atoms with Gasteiger partial charge in [-0.15, -0.1) is 23.1 Å². The molecule has 1 aliphatic carbocycles. The highest BCUT2D eigenvalue weighted by molar-refractivity contribution is 8.00. The Hall–Kier alpha value is -2.67. The zero-order valence-electron chi connectivity index (χ0n) is 20.8. The minimum atomic E-state index is -0.444. The van der Waals surface area contributed by atoms with Crippen molar-refractivity contribution in [3.8, 4) is 0 Å². The van der Waals surface area contributed by atoms with Crippen molar-refractivity contribution in [2.45, 2.75) is 39.7 Å². The number of rotatable bonds is 10. The molecule has 2 aromatic heterocycles. The van der Waals surface area contributed by atoms with Crippen molar-refractivity contribution in [3.63, 3.8) is 0 Å². The third kappa shape index (κ3) is 6.66. The van der Waals surface area contributed by atoms with Gasteiger partial charge in [-0.05, 0) is 56.9 Å². The van der Waals surface area contributed by atoms with Crippen molar-refractivity contribution in [3.05, 3.63) is 44.0 Å². The van der Waals surface area contributed by atoms with E-state index in [1.807, 2.05) is 0 Å². The van der Waals surface area contributed by atoms with Crippen LogP contribution >= 0.6 is 46.0 Å². The maximum absolute atomic E-state index is 12.6. The number of anilines is 1. The molecule has 2 amide bonds. The second-order valence-corrected chi connectivity index (χ2v) is 11.8. The lowest BCUT2D eigenvalue weighted by atomic mass is 10.1. The van der Waals surface area contributed by atoms with E-state index in [1.165, 1.54) is 22.7 Å². The molecule has 0 saturated carbocycles. The molecule has 1 N–H and O–H groups in total. The summed E-state index contributed by atoms with van der Waals surface area (Å²) < 4.78 is 12.7. The van der Waals surface area contributed by atoms with Crippen LogP contribution in [0, 0.1) is 0 Å². The molecule has 202 valence electrons. The number of thiazole rings is 1. The van der Waals surface area contributed by atoms with E-state index in [0.717, 1.165) is 46.2 Å². The molecular weight excluding hydrogens is 570 g/mol. The smallest absolute Gasteiger partial charge is 0.341 e. The highest BCUT2D eigenvalue weighted by Gasteiger charge is 2.28. The van der Waals surface area contributed by atoms with Gasteiger partial charge in [-0.3, -0.25) is 14.4 Å². The Morgan fingerprint density at radius 1 is 1.11 bits per heavy atom. The van der Waals surface area contributed by atoms with Crippen LogP contribution < -0.4 is 10.1 Å². The molecule has 0 aliphatic heterocycles. The molecule has 1 aliphatic rings. The number of esters is 2. The van der Waals surface area contributed by atoms with Crippen LogP contribution in [0.1, 0.15) is 41.1 Å². The highest BCUT2D eigenvalue weighted by atomic mass is 35.5. The molecular formula is C25H26ClN3O6S3. The van der Waals surface area contributed by atoms with E-state index in [0.29, 0.717) is 25.9 Å². The number of carbonyl (C=O) groups excluding carboxylic acids is 4. The molecule has 13 heteroatoms. The van der Waals surface area contributed by atoms with E-state index in [4.69, 9.17) is 21.1 Å². The fourth-order valence-corrected chi connectivity index (χ4v) is 7.28. The zero-order chi connectivity index (χ0) is 27.2. The predicted octanol–water partition coefficient (Wildman–Crippen LogP) is 4.45. The number of ether oxygens (including phenoxy) is 2. The number of hydrogen-bond acceptors (Lipinski definition) is 9. The summed E-state index contributed by atoms with van der Waals surface area (Å²) in [4.78, 5) is 55.5. The fourth-order valence-electron chi connectivity index (χ4n) is 4.07. The highest BCUT2D eigenvalue weighted by Crippen LogP contribution is 2.39. The molecule has 0 fully saturated rings. The average molecular weight is 596 g/mol. The van der Waals surface area contributed by atoms with Crippen LogP contribution in [0.15, 0.2) is 23.2 Å². The Balaban J connectivity index is 1.42. The summed E-state index contributed by atoms with van der Waals surface area (Å²) >= 11 is 9.87. The minimum Gasteiger partial charge on any atom is -0.465 e. The number of aromatic nitrogens is 1. The number of nitrogens with one attached hydrogen (secondary N) is 1. The summed E-state index contributed by atoms with van der Waals surface area (Å²) in [5.41, 5.74) is 2.13. The van der Waals surface area contributed by atoms with Gasteiger partial charge >= 0.3 is 11.9 Å². The van der Waals surface area contributed by atoms with Gasteiger partial charge in [-0.2, -0.15) is 4.99 Å². The van der Waals surface area contributed by atoms with Gasteiger partial charge in [0.05, 0.1) is 40.5 Å². The van der Waals surface area contributed by atoms with Crippen LogP contribution in [0.3, 0.4) is 0 Å². The Kier molecular flexibility index (Phi) is 9.64. The molecule has 0 bridgehead atoms. The Labute approximate surface area is 236 Å². The van der Waals surface area contributed by atoms with Crippen molar-refractivity contribution in [1.82, 2.24) is 4.57 Å². The summed E-state index contributed by atoms with van der Waals surface area (Å²) in [7, 11) is 0. The topological polar surface area (TPSA) is 116 Å². The predicted molar refractivity (Wildman–Crippen MR) is 150 cm³/mol. The quantitative estimate of drug-likeness (QED) is 0.344. The number of aryl methyl sites for hydroxylation is 1. The van der Waals surface area contributed by atoms with Gasteiger partial charge in [-0.1, -0.05) is 22.9 Å². The lowest BCUT2D eigenvalue weighted by Crippen LogP contribution is -2.23. The van der Waals surface area contributed by atoms with Gasteiger partial charge in [0, 0.05) is 9.90 Å². The van der Waals surface area contributed by atoms with E-state index in [1.54, 1.807) is 36.6 Å². The molecule has 0 spiro atoms. The van der Waals surface area contributed by atoms with E-state index in [9.17, 15) is 19.2 Å². The van der Waals surface area contributed by atoms with Gasteiger partial charge in [0.1, 0.15) is 11.5 Å². The Morgan fingerprint density at radius 2 is 1.89 bits per heavy atom. The van der Waals surface area contributed by atoms with Gasteiger partial charge < -0.3 is 19.4 Å². The summed E-state index contributed by atoms with van der Waals surface area (Å²) in [5, 5.41) is 3.85. The molecule has 4 rings (SSSR count). The van der Waals surface area contributed by atoms with E-state index in [2.05, 4.69) is 10.3 Å². The molecule has 0 unspecified atom stereocenters. The van der Waals surface area contributed by atoms with Crippen LogP contribution in [0.4, 0.5) is 5.00 Å². The summed E-state index contributed by atoms with van der Waals surface area (Å²) in [5.74, 6) is -1.65. The van der Waals surface area contributed by atoms with Crippen LogP contribution in [-0.2, 0) is 43.2 Å². The normalized spacial score (nSPS) is 13.0. The number of thiophene rings is 1. The molecule has 0 radical (unpaired) electrons. The van der Waals surface area contributed by atoms with Crippen molar-refractivity contribution >= 4 is 85.0 Å².